The van der Waals surface area contributed by atoms with Crippen LogP contribution in [0.4, 0.5) is 0 Å². The summed E-state index contributed by atoms with van der Waals surface area (Å²) in [4.78, 5) is 15.3. The van der Waals surface area contributed by atoms with Crippen LogP contribution in [0.2, 0.25) is 0 Å². The second kappa shape index (κ2) is 3.31. The molecule has 1 N–H and O–H groups in total. The van der Waals surface area contributed by atoms with E-state index in [1.54, 1.807) is 0 Å². The highest BCUT2D eigenvalue weighted by atomic mass is 16.5. The van der Waals surface area contributed by atoms with Crippen LogP contribution >= 0.6 is 0 Å². The molecule has 0 amide bonds. The van der Waals surface area contributed by atoms with Gasteiger partial charge in [0.1, 0.15) is 0 Å². The lowest BCUT2D eigenvalue weighted by Gasteiger charge is -2.04. The standard InChI is InChI=1S/C12H10N4O3/c17-12(18)10-8-4-6-3-7(6)11(8)16(14-10)9-5-15(19)2-1-13-9/h1-2,5-7H,3-4H2,(H,17,18)/t6?,7-/m0/s1. The molecule has 7 nitrogen and oxygen atoms in total. The van der Waals surface area contributed by atoms with Crippen molar-refractivity contribution in [1.82, 2.24) is 14.8 Å². The molecule has 7 heteroatoms. The molecule has 1 unspecified atom stereocenters. The first kappa shape index (κ1) is 10.5. The molecule has 0 aromatic carbocycles. The van der Waals surface area contributed by atoms with E-state index in [1.807, 2.05) is 0 Å². The smallest absolute Gasteiger partial charge is 0.356 e. The number of hydrogen-bond acceptors (Lipinski definition) is 4. The van der Waals surface area contributed by atoms with Gasteiger partial charge in [-0.2, -0.15) is 9.83 Å². The molecule has 0 spiro atoms. The van der Waals surface area contributed by atoms with Gasteiger partial charge in [-0.1, -0.05) is 0 Å². The third-order valence-corrected chi connectivity index (χ3v) is 3.85. The van der Waals surface area contributed by atoms with Gasteiger partial charge in [-0.15, -0.1) is 0 Å². The molecule has 0 aliphatic heterocycles. The number of nitrogens with zero attached hydrogens (tertiary/aromatic N) is 4. The summed E-state index contributed by atoms with van der Waals surface area (Å²) in [5.74, 6) is 0.258. The van der Waals surface area contributed by atoms with Crippen LogP contribution in [0.1, 0.15) is 34.1 Å². The number of carboxylic acids is 1. The summed E-state index contributed by atoms with van der Waals surface area (Å²) >= 11 is 0. The lowest BCUT2D eigenvalue weighted by molar-refractivity contribution is -0.605. The quantitative estimate of drug-likeness (QED) is 0.615. The molecule has 2 aliphatic carbocycles. The van der Waals surface area contributed by atoms with Gasteiger partial charge in [-0.25, -0.2) is 14.5 Å². The van der Waals surface area contributed by atoms with Crippen LogP contribution in [0, 0.1) is 11.1 Å². The number of carbonyl (C=O) groups is 1. The number of aromatic carboxylic acids is 1. The Morgan fingerprint density at radius 3 is 3.16 bits per heavy atom. The largest absolute Gasteiger partial charge is 0.619 e. The number of aromatic nitrogens is 4. The van der Waals surface area contributed by atoms with Crippen LogP contribution in [0.3, 0.4) is 0 Å². The maximum atomic E-state index is 11.3. The summed E-state index contributed by atoms with van der Waals surface area (Å²) in [6.45, 7) is 0. The zero-order chi connectivity index (χ0) is 13.1. The fourth-order valence-corrected chi connectivity index (χ4v) is 2.94. The minimum Gasteiger partial charge on any atom is -0.619 e. The second-order valence-corrected chi connectivity index (χ2v) is 5.01. The van der Waals surface area contributed by atoms with Crippen molar-refractivity contribution < 1.29 is 14.6 Å². The Bertz CT molecular complexity index is 709. The third kappa shape index (κ3) is 1.38. The van der Waals surface area contributed by atoms with E-state index < -0.39 is 5.97 Å². The van der Waals surface area contributed by atoms with Gasteiger partial charge in [-0.3, -0.25) is 0 Å². The predicted octanol–water partition coefficient (Wildman–Crippen LogP) is 0.258. The summed E-state index contributed by atoms with van der Waals surface area (Å²) in [6, 6.07) is 0. The van der Waals surface area contributed by atoms with Gasteiger partial charge in [0.2, 0.25) is 12.0 Å². The minimum absolute atomic E-state index is 0.0882. The van der Waals surface area contributed by atoms with Crippen LogP contribution in [0.15, 0.2) is 18.6 Å². The fraction of sp³-hybridized carbons (Fsp3) is 0.333. The van der Waals surface area contributed by atoms with Crippen LogP contribution in [-0.2, 0) is 6.42 Å². The summed E-state index contributed by atoms with van der Waals surface area (Å²) in [7, 11) is 0. The molecule has 1 fully saturated rings. The van der Waals surface area contributed by atoms with Gasteiger partial charge in [0, 0.05) is 11.5 Å². The zero-order valence-corrected chi connectivity index (χ0v) is 9.85. The molecule has 2 aliphatic rings. The first-order chi connectivity index (χ1) is 9.15. The van der Waals surface area contributed by atoms with Crippen LogP contribution < -0.4 is 4.73 Å². The van der Waals surface area contributed by atoms with Crippen molar-refractivity contribution in [1.29, 1.82) is 0 Å². The Kier molecular flexibility index (Phi) is 1.83. The van der Waals surface area contributed by atoms with Gasteiger partial charge < -0.3 is 10.3 Å². The van der Waals surface area contributed by atoms with Crippen molar-refractivity contribution in [2.24, 2.45) is 5.92 Å². The van der Waals surface area contributed by atoms with Crippen molar-refractivity contribution >= 4 is 5.97 Å². The van der Waals surface area contributed by atoms with E-state index in [0.29, 0.717) is 22.4 Å². The van der Waals surface area contributed by atoms with Gasteiger partial charge in [-0.05, 0) is 18.8 Å². The van der Waals surface area contributed by atoms with Crippen molar-refractivity contribution in [2.45, 2.75) is 18.8 Å². The summed E-state index contributed by atoms with van der Waals surface area (Å²) in [5.41, 5.74) is 1.81. The lowest BCUT2D eigenvalue weighted by Crippen LogP contribution is -2.26. The maximum absolute atomic E-state index is 11.3. The fourth-order valence-electron chi connectivity index (χ4n) is 2.94. The van der Waals surface area contributed by atoms with E-state index >= 15 is 0 Å². The lowest BCUT2D eigenvalue weighted by atomic mass is 10.1. The average molecular weight is 258 g/mol. The molecule has 2 heterocycles. The summed E-state index contributed by atoms with van der Waals surface area (Å²) in [5, 5.41) is 24.6. The van der Waals surface area contributed by atoms with Crippen LogP contribution in [-0.4, -0.2) is 25.8 Å². The summed E-state index contributed by atoms with van der Waals surface area (Å²) < 4.78 is 2.15. The first-order valence-electron chi connectivity index (χ1n) is 6.05. The first-order valence-corrected chi connectivity index (χ1v) is 6.05. The Labute approximate surface area is 107 Å². The van der Waals surface area contributed by atoms with Gasteiger partial charge in [0.15, 0.2) is 11.9 Å². The predicted molar refractivity (Wildman–Crippen MR) is 61.8 cm³/mol. The molecule has 96 valence electrons. The van der Waals surface area contributed by atoms with E-state index in [9.17, 15) is 15.1 Å². The molecule has 1 saturated carbocycles. The highest BCUT2D eigenvalue weighted by Gasteiger charge is 2.50. The number of carboxylic acid groups (broad SMARTS) is 1. The molecule has 2 atom stereocenters. The SMILES string of the molecule is O=C(O)c1nn(-c2c[n+]([O-])ccn2)c2c1CC1C[C@H]21. The van der Waals surface area contributed by atoms with Gasteiger partial charge in [0.05, 0.1) is 11.9 Å². The van der Waals surface area contributed by atoms with Gasteiger partial charge >= 0.3 is 5.97 Å². The molecule has 4 rings (SSSR count). The molecule has 0 bridgehead atoms. The second-order valence-electron chi connectivity index (χ2n) is 5.01. The molecule has 2 aromatic heterocycles. The van der Waals surface area contributed by atoms with E-state index in [0.717, 1.165) is 24.1 Å². The van der Waals surface area contributed by atoms with Crippen molar-refractivity contribution in [3.63, 3.8) is 0 Å². The average Bonchev–Trinajstić information content (AvgIpc) is 2.87. The molecular formula is C12H10N4O3. The van der Waals surface area contributed by atoms with Gasteiger partial charge in [0.25, 0.3) is 0 Å². The maximum Gasteiger partial charge on any atom is 0.356 e. The third-order valence-electron chi connectivity index (χ3n) is 3.85. The Morgan fingerprint density at radius 2 is 2.42 bits per heavy atom. The zero-order valence-electron chi connectivity index (χ0n) is 9.85. The number of rotatable bonds is 2. The molecule has 0 radical (unpaired) electrons. The Hall–Kier alpha value is -2.44. The van der Waals surface area contributed by atoms with Crippen LogP contribution in [0.25, 0.3) is 5.82 Å². The molecule has 19 heavy (non-hydrogen) atoms. The van der Waals surface area contributed by atoms with Crippen molar-refractivity contribution in [3.05, 3.63) is 40.7 Å². The molecule has 2 aromatic rings. The van der Waals surface area contributed by atoms with E-state index in [2.05, 4.69) is 10.1 Å². The highest BCUT2D eigenvalue weighted by Crippen LogP contribution is 2.57. The Morgan fingerprint density at radius 1 is 1.58 bits per heavy atom. The molecule has 0 saturated heterocycles. The van der Waals surface area contributed by atoms with Crippen molar-refractivity contribution in [2.75, 3.05) is 0 Å². The van der Waals surface area contributed by atoms with Crippen LogP contribution in [0.5, 0.6) is 0 Å². The monoisotopic (exact) mass is 258 g/mol. The van der Waals surface area contributed by atoms with Crippen molar-refractivity contribution in [3.8, 4) is 5.82 Å². The summed E-state index contributed by atoms with van der Waals surface area (Å²) in [6.07, 6.45) is 5.81. The highest BCUT2D eigenvalue weighted by molar-refractivity contribution is 5.88. The van der Waals surface area contributed by atoms with E-state index in [1.165, 1.54) is 23.3 Å². The van der Waals surface area contributed by atoms with E-state index in [-0.39, 0.29) is 5.69 Å². The minimum atomic E-state index is -1.03. The molecular weight excluding hydrogens is 248 g/mol. The normalized spacial score (nSPS) is 22.9. The topological polar surface area (TPSA) is 95.0 Å². The van der Waals surface area contributed by atoms with E-state index in [4.69, 9.17) is 0 Å². The number of fused-ring (bicyclic) bond motifs is 3. The Balaban J connectivity index is 1.94. The number of hydrogen-bond donors (Lipinski definition) is 1.